The van der Waals surface area contributed by atoms with E-state index in [1.165, 1.54) is 32.1 Å². The van der Waals surface area contributed by atoms with Crippen molar-refractivity contribution in [2.75, 3.05) is 0 Å². The summed E-state index contributed by atoms with van der Waals surface area (Å²) in [6.45, 7) is 2.25. The second kappa shape index (κ2) is 3.21. The molecule has 1 nitrogen and oxygen atoms in total. The number of hydrogen-bond acceptors (Lipinski definition) is 1. The lowest BCUT2D eigenvalue weighted by atomic mass is 10.0. The molecule has 2 unspecified atom stereocenters. The number of rotatable bonds is 2. The molecule has 1 heteroatoms. The highest BCUT2D eigenvalue weighted by molar-refractivity contribution is 4.76. The van der Waals surface area contributed by atoms with Gasteiger partial charge < -0.3 is 5.73 Å². The molecule has 0 aromatic carbocycles. The van der Waals surface area contributed by atoms with Gasteiger partial charge in [-0.2, -0.15) is 0 Å². The molecule has 2 N–H and O–H groups in total. The maximum Gasteiger partial charge on any atom is 0.00415 e. The summed E-state index contributed by atoms with van der Waals surface area (Å²) in [6, 6.07) is 0.529. The van der Waals surface area contributed by atoms with Crippen LogP contribution in [0, 0.1) is 5.92 Å². The van der Waals surface area contributed by atoms with Gasteiger partial charge in [0.1, 0.15) is 0 Å². The molecule has 0 heterocycles. The van der Waals surface area contributed by atoms with Crippen LogP contribution in [-0.4, -0.2) is 6.04 Å². The van der Waals surface area contributed by atoms with E-state index in [1.54, 1.807) is 0 Å². The highest BCUT2D eigenvalue weighted by Gasteiger charge is 2.19. The fourth-order valence-corrected chi connectivity index (χ4v) is 1.78. The van der Waals surface area contributed by atoms with Crippen LogP contribution < -0.4 is 5.73 Å². The fraction of sp³-hybridized carbons (Fsp3) is 1.00. The van der Waals surface area contributed by atoms with E-state index < -0.39 is 0 Å². The largest absolute Gasteiger partial charge is 0.328 e. The molecule has 1 aliphatic rings. The van der Waals surface area contributed by atoms with Crippen molar-refractivity contribution in [3.05, 3.63) is 0 Å². The molecule has 0 aromatic rings. The first-order valence-electron chi connectivity index (χ1n) is 4.08. The monoisotopic (exact) mass is 127 g/mol. The zero-order valence-electron chi connectivity index (χ0n) is 6.27. The van der Waals surface area contributed by atoms with Gasteiger partial charge in [-0.25, -0.2) is 0 Å². The third kappa shape index (κ3) is 1.98. The van der Waals surface area contributed by atoms with E-state index in [-0.39, 0.29) is 0 Å². The second-order valence-electron chi connectivity index (χ2n) is 3.23. The van der Waals surface area contributed by atoms with E-state index in [0.717, 1.165) is 5.92 Å². The lowest BCUT2D eigenvalue weighted by Gasteiger charge is -2.05. The Balaban J connectivity index is 2.14. The molecule has 0 saturated heterocycles. The number of hydrogen-bond donors (Lipinski definition) is 1. The summed E-state index contributed by atoms with van der Waals surface area (Å²) in [4.78, 5) is 0. The molecule has 2 atom stereocenters. The summed E-state index contributed by atoms with van der Waals surface area (Å²) < 4.78 is 0. The molecule has 9 heavy (non-hydrogen) atoms. The summed E-state index contributed by atoms with van der Waals surface area (Å²) >= 11 is 0. The quantitative estimate of drug-likeness (QED) is 0.602. The molecule has 1 fully saturated rings. The smallest absolute Gasteiger partial charge is 0.00415 e. The van der Waals surface area contributed by atoms with Crippen LogP contribution in [0.2, 0.25) is 0 Å². The third-order valence-electron chi connectivity index (χ3n) is 2.28. The maximum atomic E-state index is 5.76. The molecular weight excluding hydrogens is 110 g/mol. The first kappa shape index (κ1) is 7.07. The summed E-state index contributed by atoms with van der Waals surface area (Å²) in [6.07, 6.45) is 6.67. The van der Waals surface area contributed by atoms with Gasteiger partial charge in [-0.15, -0.1) is 0 Å². The maximum absolute atomic E-state index is 5.76. The lowest BCUT2D eigenvalue weighted by Crippen LogP contribution is -2.14. The predicted octanol–water partition coefficient (Wildman–Crippen LogP) is 1.91. The van der Waals surface area contributed by atoms with E-state index in [1.807, 2.05) is 0 Å². The summed E-state index contributed by atoms with van der Waals surface area (Å²) in [5, 5.41) is 0. The SMILES string of the molecule is CCCC1CCC(N)C1. The van der Waals surface area contributed by atoms with Crippen LogP contribution >= 0.6 is 0 Å². The Morgan fingerprint density at radius 1 is 1.44 bits per heavy atom. The molecule has 1 rings (SSSR count). The first-order valence-corrected chi connectivity index (χ1v) is 4.08. The van der Waals surface area contributed by atoms with E-state index in [9.17, 15) is 0 Å². The van der Waals surface area contributed by atoms with Crippen molar-refractivity contribution in [2.45, 2.75) is 45.1 Å². The molecule has 0 aliphatic heterocycles. The second-order valence-corrected chi connectivity index (χ2v) is 3.23. The van der Waals surface area contributed by atoms with Crippen LogP contribution in [0.5, 0.6) is 0 Å². The highest BCUT2D eigenvalue weighted by Crippen LogP contribution is 2.27. The molecule has 1 aliphatic carbocycles. The summed E-state index contributed by atoms with van der Waals surface area (Å²) in [7, 11) is 0. The van der Waals surface area contributed by atoms with Crippen LogP contribution in [-0.2, 0) is 0 Å². The van der Waals surface area contributed by atoms with Crippen molar-refractivity contribution < 1.29 is 0 Å². The van der Waals surface area contributed by atoms with E-state index >= 15 is 0 Å². The Hall–Kier alpha value is -0.0400. The van der Waals surface area contributed by atoms with Crippen molar-refractivity contribution in [1.29, 1.82) is 0 Å². The topological polar surface area (TPSA) is 26.0 Å². The van der Waals surface area contributed by atoms with Gasteiger partial charge >= 0.3 is 0 Å². The molecule has 54 valence electrons. The normalized spacial score (nSPS) is 35.3. The molecule has 1 saturated carbocycles. The van der Waals surface area contributed by atoms with Crippen LogP contribution in [0.15, 0.2) is 0 Å². The van der Waals surface area contributed by atoms with Gasteiger partial charge in [0.2, 0.25) is 0 Å². The van der Waals surface area contributed by atoms with Gasteiger partial charge in [-0.1, -0.05) is 19.8 Å². The van der Waals surface area contributed by atoms with Crippen LogP contribution in [0.4, 0.5) is 0 Å². The molecule has 0 amide bonds. The minimum absolute atomic E-state index is 0.529. The average Bonchev–Trinajstić information content (AvgIpc) is 2.17. The standard InChI is InChI=1S/C8H17N/c1-2-3-7-4-5-8(9)6-7/h7-8H,2-6,9H2,1H3. The average molecular weight is 127 g/mol. The number of nitrogens with two attached hydrogens (primary N) is 1. The Kier molecular flexibility index (Phi) is 2.52. The van der Waals surface area contributed by atoms with Crippen LogP contribution in [0.1, 0.15) is 39.0 Å². The molecule has 0 radical (unpaired) electrons. The fourth-order valence-electron chi connectivity index (χ4n) is 1.78. The summed E-state index contributed by atoms with van der Waals surface area (Å²) in [5.74, 6) is 0.963. The van der Waals surface area contributed by atoms with Gasteiger partial charge in [0.25, 0.3) is 0 Å². The molecule has 0 aromatic heterocycles. The van der Waals surface area contributed by atoms with Gasteiger partial charge in [-0.05, 0) is 25.2 Å². The zero-order valence-corrected chi connectivity index (χ0v) is 6.27. The van der Waals surface area contributed by atoms with Crippen molar-refractivity contribution in [3.63, 3.8) is 0 Å². The van der Waals surface area contributed by atoms with Crippen LogP contribution in [0.3, 0.4) is 0 Å². The van der Waals surface area contributed by atoms with E-state index in [2.05, 4.69) is 6.92 Å². The Morgan fingerprint density at radius 3 is 2.67 bits per heavy atom. The third-order valence-corrected chi connectivity index (χ3v) is 2.28. The zero-order chi connectivity index (χ0) is 6.69. The predicted molar refractivity (Wildman–Crippen MR) is 40.2 cm³/mol. The van der Waals surface area contributed by atoms with Crippen molar-refractivity contribution in [2.24, 2.45) is 11.7 Å². The highest BCUT2D eigenvalue weighted by atomic mass is 14.6. The van der Waals surface area contributed by atoms with Gasteiger partial charge in [0.05, 0.1) is 0 Å². The minimum atomic E-state index is 0.529. The Labute approximate surface area is 57.6 Å². The summed E-state index contributed by atoms with van der Waals surface area (Å²) in [5.41, 5.74) is 5.76. The van der Waals surface area contributed by atoms with E-state index in [4.69, 9.17) is 5.73 Å². The first-order chi connectivity index (χ1) is 4.33. The molecular formula is C8H17N. The van der Waals surface area contributed by atoms with Crippen molar-refractivity contribution in [3.8, 4) is 0 Å². The molecule has 0 bridgehead atoms. The van der Waals surface area contributed by atoms with E-state index in [0.29, 0.717) is 6.04 Å². The Bertz CT molecular complexity index is 78.6. The van der Waals surface area contributed by atoms with Crippen LogP contribution in [0.25, 0.3) is 0 Å². The minimum Gasteiger partial charge on any atom is -0.328 e. The molecule has 0 spiro atoms. The lowest BCUT2D eigenvalue weighted by molar-refractivity contribution is 0.488. The van der Waals surface area contributed by atoms with Crippen molar-refractivity contribution in [1.82, 2.24) is 0 Å². The Morgan fingerprint density at radius 2 is 2.22 bits per heavy atom. The van der Waals surface area contributed by atoms with Gasteiger partial charge in [0.15, 0.2) is 0 Å². The van der Waals surface area contributed by atoms with Gasteiger partial charge in [-0.3, -0.25) is 0 Å². The van der Waals surface area contributed by atoms with Gasteiger partial charge in [0, 0.05) is 6.04 Å². The van der Waals surface area contributed by atoms with Crippen molar-refractivity contribution >= 4 is 0 Å².